The first-order valence-electron chi connectivity index (χ1n) is 8.57. The van der Waals surface area contributed by atoms with Gasteiger partial charge in [-0.25, -0.2) is 0 Å². The molecule has 0 fully saturated rings. The van der Waals surface area contributed by atoms with E-state index < -0.39 is 7.14 Å². The molecule has 1 unspecified atom stereocenters. The third kappa shape index (κ3) is 3.85. The van der Waals surface area contributed by atoms with E-state index in [1.54, 1.807) is 5.57 Å². The van der Waals surface area contributed by atoms with E-state index in [-0.39, 0.29) is 0 Å². The molecule has 1 nitrogen and oxygen atoms in total. The highest BCUT2D eigenvalue weighted by Gasteiger charge is 2.29. The van der Waals surface area contributed by atoms with Gasteiger partial charge in [-0.1, -0.05) is 79.2 Å². The molecule has 0 aliphatic heterocycles. The Labute approximate surface area is 139 Å². The average molecular weight is 324 g/mol. The van der Waals surface area contributed by atoms with Crippen molar-refractivity contribution < 1.29 is 4.57 Å². The zero-order valence-electron chi connectivity index (χ0n) is 13.8. The first-order valence-corrected chi connectivity index (χ1v) is 10.5. The fraction of sp³-hybridized carbons (Fsp3) is 0.333. The minimum atomic E-state index is -2.56. The van der Waals surface area contributed by atoms with Crippen molar-refractivity contribution in [3.63, 3.8) is 0 Å². The molecule has 0 heterocycles. The van der Waals surface area contributed by atoms with Gasteiger partial charge in [0.05, 0.1) is 0 Å². The highest BCUT2D eigenvalue weighted by atomic mass is 31.2. The zero-order valence-corrected chi connectivity index (χ0v) is 14.7. The number of benzene rings is 2. The molecule has 23 heavy (non-hydrogen) atoms. The van der Waals surface area contributed by atoms with Crippen LogP contribution in [0.1, 0.15) is 32.6 Å². The van der Waals surface area contributed by atoms with Gasteiger partial charge >= 0.3 is 0 Å². The fourth-order valence-electron chi connectivity index (χ4n) is 3.57. The monoisotopic (exact) mass is 324 g/mol. The molecular formula is C21H25OP. The molecule has 1 aliphatic carbocycles. The second-order valence-corrected chi connectivity index (χ2v) is 9.53. The van der Waals surface area contributed by atoms with Crippen LogP contribution < -0.4 is 10.6 Å². The van der Waals surface area contributed by atoms with Crippen LogP contribution in [0.2, 0.25) is 0 Å². The summed E-state index contributed by atoms with van der Waals surface area (Å²) in [6, 6.07) is 20.1. The van der Waals surface area contributed by atoms with E-state index in [4.69, 9.17) is 0 Å². The van der Waals surface area contributed by atoms with E-state index in [0.29, 0.717) is 5.92 Å². The summed E-state index contributed by atoms with van der Waals surface area (Å²) in [6.07, 6.45) is 7.95. The molecule has 0 saturated heterocycles. The molecule has 0 bridgehead atoms. The minimum absolute atomic E-state index is 0.436. The Morgan fingerprint density at radius 1 is 0.957 bits per heavy atom. The summed E-state index contributed by atoms with van der Waals surface area (Å²) >= 11 is 0. The number of rotatable bonds is 6. The largest absolute Gasteiger partial charge is 0.314 e. The van der Waals surface area contributed by atoms with Gasteiger partial charge in [0.1, 0.15) is 7.14 Å². The molecule has 0 aromatic heterocycles. The van der Waals surface area contributed by atoms with Crippen molar-refractivity contribution in [2.45, 2.75) is 32.6 Å². The van der Waals surface area contributed by atoms with Crippen molar-refractivity contribution in [2.75, 3.05) is 6.16 Å². The molecule has 2 aromatic carbocycles. The molecule has 0 saturated carbocycles. The Balaban J connectivity index is 1.88. The van der Waals surface area contributed by atoms with Crippen LogP contribution in [-0.4, -0.2) is 6.16 Å². The highest BCUT2D eigenvalue weighted by molar-refractivity contribution is 7.78. The van der Waals surface area contributed by atoms with E-state index >= 15 is 0 Å². The standard InChI is InChI=1S/C21H25OP/c1-18(16-19-10-8-9-11-19)17-23(22,20-12-4-2-5-13-20)21-14-6-3-7-15-21/h2-7,10,12-15,18H,8-9,11,16-17H2,1H3. The summed E-state index contributed by atoms with van der Waals surface area (Å²) in [4.78, 5) is 0. The van der Waals surface area contributed by atoms with Gasteiger partial charge in [-0.05, 0) is 31.6 Å². The fourth-order valence-corrected chi connectivity index (χ4v) is 6.61. The maximum atomic E-state index is 14.0. The Hall–Kier alpha value is -1.59. The van der Waals surface area contributed by atoms with Gasteiger partial charge < -0.3 is 4.57 Å². The van der Waals surface area contributed by atoms with Gasteiger partial charge in [-0.3, -0.25) is 0 Å². The SMILES string of the molecule is CC(CC1=CCCC1)CP(=O)(c1ccccc1)c1ccccc1. The second kappa shape index (κ2) is 7.32. The highest BCUT2D eigenvalue weighted by Crippen LogP contribution is 2.46. The summed E-state index contributed by atoms with van der Waals surface area (Å²) in [6.45, 7) is 2.25. The number of hydrogen-bond donors (Lipinski definition) is 0. The lowest BCUT2D eigenvalue weighted by atomic mass is 10.0. The van der Waals surface area contributed by atoms with Crippen LogP contribution in [-0.2, 0) is 4.57 Å². The topological polar surface area (TPSA) is 17.1 Å². The lowest BCUT2D eigenvalue weighted by Crippen LogP contribution is -2.21. The van der Waals surface area contributed by atoms with E-state index in [2.05, 4.69) is 13.0 Å². The molecule has 2 aromatic rings. The Morgan fingerprint density at radius 2 is 1.52 bits per heavy atom. The summed E-state index contributed by atoms with van der Waals surface area (Å²) in [5.74, 6) is 0.436. The molecule has 0 spiro atoms. The van der Waals surface area contributed by atoms with Crippen LogP contribution >= 0.6 is 7.14 Å². The van der Waals surface area contributed by atoms with Crippen LogP contribution in [0.3, 0.4) is 0 Å². The second-order valence-electron chi connectivity index (χ2n) is 6.66. The molecule has 3 rings (SSSR count). The van der Waals surface area contributed by atoms with Gasteiger partial charge in [0.2, 0.25) is 0 Å². The van der Waals surface area contributed by atoms with Crippen molar-refractivity contribution in [1.29, 1.82) is 0 Å². The normalized spacial score (nSPS) is 16.1. The average Bonchev–Trinajstić information content (AvgIpc) is 3.09. The van der Waals surface area contributed by atoms with Gasteiger partial charge in [0.15, 0.2) is 0 Å². The summed E-state index contributed by atoms with van der Waals surface area (Å²) in [5.41, 5.74) is 1.56. The third-order valence-electron chi connectivity index (χ3n) is 4.66. The predicted molar refractivity (Wildman–Crippen MR) is 100 cm³/mol. The van der Waals surface area contributed by atoms with E-state index in [0.717, 1.165) is 23.2 Å². The molecule has 1 aliphatic rings. The van der Waals surface area contributed by atoms with Gasteiger partial charge in [0.25, 0.3) is 0 Å². The molecule has 120 valence electrons. The van der Waals surface area contributed by atoms with Gasteiger partial charge in [-0.2, -0.15) is 0 Å². The molecule has 2 heteroatoms. The van der Waals surface area contributed by atoms with Crippen LogP contribution in [0.5, 0.6) is 0 Å². The van der Waals surface area contributed by atoms with Crippen molar-refractivity contribution in [3.8, 4) is 0 Å². The first kappa shape index (κ1) is 16.3. The third-order valence-corrected chi connectivity index (χ3v) is 8.06. The number of hydrogen-bond acceptors (Lipinski definition) is 1. The van der Waals surface area contributed by atoms with Crippen LogP contribution in [0.4, 0.5) is 0 Å². The van der Waals surface area contributed by atoms with Gasteiger partial charge in [-0.15, -0.1) is 0 Å². The maximum absolute atomic E-state index is 14.0. The van der Waals surface area contributed by atoms with Crippen LogP contribution in [0.15, 0.2) is 72.3 Å². The van der Waals surface area contributed by atoms with Crippen LogP contribution in [0, 0.1) is 5.92 Å². The van der Waals surface area contributed by atoms with Crippen molar-refractivity contribution in [2.24, 2.45) is 5.92 Å². The number of allylic oxidation sites excluding steroid dienone is 2. The zero-order chi connectivity index (χ0) is 16.1. The van der Waals surface area contributed by atoms with E-state index in [9.17, 15) is 4.57 Å². The lowest BCUT2D eigenvalue weighted by molar-refractivity contribution is 0.568. The predicted octanol–water partition coefficient (Wildman–Crippen LogP) is 5.14. The molecule has 0 radical (unpaired) electrons. The summed E-state index contributed by atoms with van der Waals surface area (Å²) in [5, 5.41) is 1.97. The smallest absolute Gasteiger partial charge is 0.143 e. The van der Waals surface area contributed by atoms with Crippen molar-refractivity contribution in [3.05, 3.63) is 72.3 Å². The van der Waals surface area contributed by atoms with Crippen molar-refractivity contribution >= 4 is 17.8 Å². The van der Waals surface area contributed by atoms with Crippen LogP contribution in [0.25, 0.3) is 0 Å². The molecule has 0 N–H and O–H groups in total. The quantitative estimate of drug-likeness (QED) is 0.531. The summed E-state index contributed by atoms with van der Waals surface area (Å²) < 4.78 is 14.0. The first-order chi connectivity index (χ1) is 11.2. The van der Waals surface area contributed by atoms with Gasteiger partial charge in [0, 0.05) is 16.8 Å². The molecule has 0 amide bonds. The lowest BCUT2D eigenvalue weighted by Gasteiger charge is -2.23. The Morgan fingerprint density at radius 3 is 2.00 bits per heavy atom. The van der Waals surface area contributed by atoms with E-state index in [1.165, 1.54) is 19.3 Å². The van der Waals surface area contributed by atoms with E-state index in [1.807, 2.05) is 60.7 Å². The molecule has 1 atom stereocenters. The van der Waals surface area contributed by atoms with Crippen molar-refractivity contribution in [1.82, 2.24) is 0 Å². The maximum Gasteiger partial charge on any atom is 0.143 e. The molecular weight excluding hydrogens is 299 g/mol. The Kier molecular flexibility index (Phi) is 5.18. The Bertz CT molecular complexity index is 660. The summed E-state index contributed by atoms with van der Waals surface area (Å²) in [7, 11) is -2.56. The minimum Gasteiger partial charge on any atom is -0.314 e.